The summed E-state index contributed by atoms with van der Waals surface area (Å²) in [6.45, 7) is 6.54. The highest BCUT2D eigenvalue weighted by atomic mass is 35.5. The van der Waals surface area contributed by atoms with E-state index in [2.05, 4.69) is 11.8 Å². The minimum absolute atomic E-state index is 0.182. The van der Waals surface area contributed by atoms with Gasteiger partial charge in [-0.15, -0.1) is 0 Å². The number of halogens is 2. The van der Waals surface area contributed by atoms with E-state index in [1.54, 1.807) is 0 Å². The zero-order valence-electron chi connectivity index (χ0n) is 10.6. The van der Waals surface area contributed by atoms with Crippen LogP contribution >= 0.6 is 35.4 Å². The lowest BCUT2D eigenvalue weighted by Gasteiger charge is -2.24. The van der Waals surface area contributed by atoms with Gasteiger partial charge in [0.15, 0.2) is 0 Å². The molecular weight excluding hydrogens is 287 g/mol. The standard InChI is InChI=1S/C13H18Cl2N2S/c1-3-17(7-9(2)13(16)18)8-10-11(14)5-4-6-12(10)15/h4-6,9H,3,7-8H2,1-2H3,(H2,16,18). The zero-order chi connectivity index (χ0) is 13.7. The molecule has 0 fully saturated rings. The molecule has 0 heterocycles. The third-order valence-electron chi connectivity index (χ3n) is 2.91. The van der Waals surface area contributed by atoms with E-state index in [9.17, 15) is 0 Å². The Balaban J connectivity index is 2.77. The molecule has 0 spiro atoms. The van der Waals surface area contributed by atoms with E-state index < -0.39 is 0 Å². The van der Waals surface area contributed by atoms with E-state index in [0.717, 1.165) is 18.7 Å². The van der Waals surface area contributed by atoms with Gasteiger partial charge in [-0.2, -0.15) is 0 Å². The first kappa shape index (κ1) is 15.7. The predicted molar refractivity (Wildman–Crippen MR) is 83.4 cm³/mol. The van der Waals surface area contributed by atoms with Crippen molar-refractivity contribution >= 4 is 40.4 Å². The molecule has 0 saturated heterocycles. The molecule has 1 rings (SSSR count). The van der Waals surface area contributed by atoms with Crippen LogP contribution in [-0.4, -0.2) is 23.0 Å². The van der Waals surface area contributed by atoms with Crippen molar-refractivity contribution in [2.75, 3.05) is 13.1 Å². The molecule has 0 aliphatic rings. The summed E-state index contributed by atoms with van der Waals surface area (Å²) in [6, 6.07) is 5.56. The van der Waals surface area contributed by atoms with Gasteiger partial charge >= 0.3 is 0 Å². The van der Waals surface area contributed by atoms with Crippen molar-refractivity contribution < 1.29 is 0 Å². The van der Waals surface area contributed by atoms with E-state index in [-0.39, 0.29) is 5.92 Å². The molecular formula is C13H18Cl2N2S. The molecule has 1 unspecified atom stereocenters. The van der Waals surface area contributed by atoms with Crippen molar-refractivity contribution in [1.29, 1.82) is 0 Å². The van der Waals surface area contributed by atoms with E-state index >= 15 is 0 Å². The number of hydrogen-bond donors (Lipinski definition) is 1. The normalized spacial score (nSPS) is 12.7. The van der Waals surface area contributed by atoms with Crippen molar-refractivity contribution in [2.45, 2.75) is 20.4 Å². The van der Waals surface area contributed by atoms with E-state index in [1.807, 2.05) is 25.1 Å². The van der Waals surface area contributed by atoms with Gasteiger partial charge in [-0.25, -0.2) is 0 Å². The number of hydrogen-bond acceptors (Lipinski definition) is 2. The van der Waals surface area contributed by atoms with Crippen molar-refractivity contribution in [3.63, 3.8) is 0 Å². The maximum Gasteiger partial charge on any atom is 0.0768 e. The quantitative estimate of drug-likeness (QED) is 0.812. The van der Waals surface area contributed by atoms with Crippen molar-refractivity contribution in [3.05, 3.63) is 33.8 Å². The van der Waals surface area contributed by atoms with Crippen LogP contribution < -0.4 is 5.73 Å². The molecule has 0 aromatic heterocycles. The molecule has 1 aromatic rings. The second kappa shape index (κ2) is 7.29. The molecule has 0 amide bonds. The first-order valence-corrected chi connectivity index (χ1v) is 7.06. The molecule has 1 aromatic carbocycles. The molecule has 18 heavy (non-hydrogen) atoms. The van der Waals surface area contributed by atoms with Gasteiger partial charge in [0.05, 0.1) is 4.99 Å². The Bertz CT molecular complexity index is 403. The Morgan fingerprint density at radius 3 is 2.39 bits per heavy atom. The maximum atomic E-state index is 6.17. The molecule has 0 bridgehead atoms. The fraction of sp³-hybridized carbons (Fsp3) is 0.462. The van der Waals surface area contributed by atoms with E-state index in [1.165, 1.54) is 0 Å². The van der Waals surface area contributed by atoms with E-state index in [4.69, 9.17) is 41.2 Å². The molecule has 2 nitrogen and oxygen atoms in total. The molecule has 100 valence electrons. The maximum absolute atomic E-state index is 6.17. The second-order valence-corrected chi connectivity index (χ2v) is 5.62. The number of nitrogens with zero attached hydrogens (tertiary/aromatic N) is 1. The van der Waals surface area contributed by atoms with Gasteiger partial charge in [-0.1, -0.05) is 55.3 Å². The smallest absolute Gasteiger partial charge is 0.0768 e. The zero-order valence-corrected chi connectivity index (χ0v) is 12.9. The Labute approximate surface area is 124 Å². The van der Waals surface area contributed by atoms with Crippen LogP contribution in [0.15, 0.2) is 18.2 Å². The number of benzene rings is 1. The summed E-state index contributed by atoms with van der Waals surface area (Å²) in [5, 5.41) is 1.40. The van der Waals surface area contributed by atoms with Gasteiger partial charge < -0.3 is 5.73 Å². The van der Waals surface area contributed by atoms with Crippen LogP contribution in [0.4, 0.5) is 0 Å². The minimum Gasteiger partial charge on any atom is -0.393 e. The van der Waals surface area contributed by atoms with Gasteiger partial charge in [-0.3, -0.25) is 4.90 Å². The average Bonchev–Trinajstić information content (AvgIpc) is 2.32. The largest absolute Gasteiger partial charge is 0.393 e. The fourth-order valence-corrected chi connectivity index (χ4v) is 2.28. The summed E-state index contributed by atoms with van der Waals surface area (Å²) in [5.41, 5.74) is 6.60. The number of rotatable bonds is 6. The third kappa shape index (κ3) is 4.39. The van der Waals surface area contributed by atoms with E-state index in [0.29, 0.717) is 21.6 Å². The fourth-order valence-electron chi connectivity index (χ4n) is 1.69. The molecule has 2 N–H and O–H groups in total. The third-order valence-corrected chi connectivity index (χ3v) is 4.02. The average molecular weight is 305 g/mol. The summed E-state index contributed by atoms with van der Waals surface area (Å²) >= 11 is 17.3. The van der Waals surface area contributed by atoms with Gasteiger partial charge in [-0.05, 0) is 18.7 Å². The SMILES string of the molecule is CCN(Cc1c(Cl)cccc1Cl)CC(C)C(N)=S. The Kier molecular flexibility index (Phi) is 6.36. The molecule has 1 atom stereocenters. The number of thiocarbonyl (C=S) groups is 1. The first-order valence-electron chi connectivity index (χ1n) is 5.90. The van der Waals surface area contributed by atoms with Crippen LogP contribution in [-0.2, 0) is 6.54 Å². The van der Waals surface area contributed by atoms with Gasteiger partial charge in [0.1, 0.15) is 0 Å². The Morgan fingerprint density at radius 1 is 1.39 bits per heavy atom. The highest BCUT2D eigenvalue weighted by Crippen LogP contribution is 2.25. The summed E-state index contributed by atoms with van der Waals surface area (Å²) < 4.78 is 0. The molecule has 5 heteroatoms. The van der Waals surface area contributed by atoms with Gasteiger partial charge in [0.25, 0.3) is 0 Å². The van der Waals surface area contributed by atoms with Crippen LogP contribution in [0.5, 0.6) is 0 Å². The van der Waals surface area contributed by atoms with Crippen molar-refractivity contribution in [1.82, 2.24) is 4.90 Å². The van der Waals surface area contributed by atoms with Crippen LogP contribution in [0.25, 0.3) is 0 Å². The highest BCUT2D eigenvalue weighted by Gasteiger charge is 2.14. The summed E-state index contributed by atoms with van der Waals surface area (Å²) in [6.07, 6.45) is 0. The van der Waals surface area contributed by atoms with Crippen molar-refractivity contribution in [2.24, 2.45) is 11.7 Å². The Hall–Kier alpha value is -0.350. The summed E-state index contributed by atoms with van der Waals surface area (Å²) in [4.78, 5) is 2.77. The molecule has 0 aliphatic carbocycles. The van der Waals surface area contributed by atoms with Gasteiger partial charge in [0, 0.05) is 34.6 Å². The summed E-state index contributed by atoms with van der Waals surface area (Å²) in [7, 11) is 0. The van der Waals surface area contributed by atoms with Crippen LogP contribution in [0, 0.1) is 5.92 Å². The van der Waals surface area contributed by atoms with Crippen molar-refractivity contribution in [3.8, 4) is 0 Å². The lowest BCUT2D eigenvalue weighted by molar-refractivity contribution is 0.264. The molecule has 0 radical (unpaired) electrons. The van der Waals surface area contributed by atoms with Crippen LogP contribution in [0.2, 0.25) is 10.0 Å². The van der Waals surface area contributed by atoms with Gasteiger partial charge in [0.2, 0.25) is 0 Å². The lowest BCUT2D eigenvalue weighted by Crippen LogP contribution is -2.33. The monoisotopic (exact) mass is 304 g/mol. The molecule has 0 aliphatic heterocycles. The summed E-state index contributed by atoms with van der Waals surface area (Å²) in [5.74, 6) is 0.182. The van der Waals surface area contributed by atoms with Crippen LogP contribution in [0.3, 0.4) is 0 Å². The predicted octanol–water partition coefficient (Wildman–Crippen LogP) is 3.74. The first-order chi connectivity index (χ1) is 8.45. The van der Waals surface area contributed by atoms with Crippen LogP contribution in [0.1, 0.15) is 19.4 Å². The highest BCUT2D eigenvalue weighted by molar-refractivity contribution is 7.80. The molecule has 0 saturated carbocycles. The second-order valence-electron chi connectivity index (χ2n) is 4.33. The number of nitrogens with two attached hydrogens (primary N) is 1. The Morgan fingerprint density at radius 2 is 1.94 bits per heavy atom. The lowest BCUT2D eigenvalue weighted by atomic mass is 10.1. The minimum atomic E-state index is 0.182. The topological polar surface area (TPSA) is 29.3 Å².